The molecule has 2 aromatic carbocycles. The number of rotatable bonds is 10. The fourth-order valence-electron chi connectivity index (χ4n) is 2.84. The lowest BCUT2D eigenvalue weighted by molar-refractivity contribution is 0.288. The van der Waals surface area contributed by atoms with Gasteiger partial charge in [-0.05, 0) is 55.7 Å². The van der Waals surface area contributed by atoms with Crippen molar-refractivity contribution in [2.45, 2.75) is 26.8 Å². The van der Waals surface area contributed by atoms with Crippen LogP contribution in [-0.4, -0.2) is 39.9 Å². The first-order valence-electron chi connectivity index (χ1n) is 9.75. The Hall–Kier alpha value is -2.96. The zero-order valence-corrected chi connectivity index (χ0v) is 17.5. The van der Waals surface area contributed by atoms with Crippen LogP contribution in [-0.2, 0) is 13.0 Å². The number of hydrogen-bond acceptors (Lipinski definition) is 4. The SMILES string of the molecule is CCNC(=NCc1cc(OC)c(OCC)c(OC)c1)NCCc1cccc(F)c1. The van der Waals surface area contributed by atoms with E-state index >= 15 is 0 Å². The molecule has 2 N–H and O–H groups in total. The third-order valence-electron chi connectivity index (χ3n) is 4.17. The molecule has 0 unspecified atom stereocenters. The number of nitrogens with zero attached hydrogens (tertiary/aromatic N) is 1. The van der Waals surface area contributed by atoms with Crippen LogP contribution in [0.5, 0.6) is 17.2 Å². The molecule has 2 rings (SSSR count). The molecule has 6 nitrogen and oxygen atoms in total. The van der Waals surface area contributed by atoms with Gasteiger partial charge in [-0.25, -0.2) is 9.38 Å². The van der Waals surface area contributed by atoms with Crippen molar-refractivity contribution >= 4 is 5.96 Å². The first-order valence-corrected chi connectivity index (χ1v) is 9.75. The van der Waals surface area contributed by atoms with Crippen molar-refractivity contribution in [3.8, 4) is 17.2 Å². The van der Waals surface area contributed by atoms with E-state index in [-0.39, 0.29) is 5.82 Å². The van der Waals surface area contributed by atoms with E-state index in [0.717, 1.165) is 17.7 Å². The molecule has 7 heteroatoms. The first-order chi connectivity index (χ1) is 14.1. The highest BCUT2D eigenvalue weighted by Gasteiger charge is 2.13. The molecule has 0 aromatic heterocycles. The van der Waals surface area contributed by atoms with Gasteiger partial charge in [0.1, 0.15) is 5.82 Å². The van der Waals surface area contributed by atoms with E-state index in [9.17, 15) is 4.39 Å². The first kappa shape index (κ1) is 22.3. The smallest absolute Gasteiger partial charge is 0.203 e. The van der Waals surface area contributed by atoms with Crippen molar-refractivity contribution in [3.63, 3.8) is 0 Å². The quantitative estimate of drug-likeness (QED) is 0.469. The molecule has 0 atom stereocenters. The molecule has 0 aliphatic rings. The summed E-state index contributed by atoms with van der Waals surface area (Å²) in [7, 11) is 3.20. The summed E-state index contributed by atoms with van der Waals surface area (Å²) in [5, 5.41) is 6.49. The molecule has 2 aromatic rings. The summed E-state index contributed by atoms with van der Waals surface area (Å²) in [6, 6.07) is 10.4. The van der Waals surface area contributed by atoms with E-state index < -0.39 is 0 Å². The average molecular weight is 403 g/mol. The second kappa shape index (κ2) is 11.8. The summed E-state index contributed by atoms with van der Waals surface area (Å²) in [6.45, 7) is 6.26. The molecular formula is C22H30FN3O3. The lowest BCUT2D eigenvalue weighted by atomic mass is 10.1. The maximum absolute atomic E-state index is 13.3. The Bertz CT molecular complexity index is 787. The van der Waals surface area contributed by atoms with Crippen LogP contribution in [0.1, 0.15) is 25.0 Å². The summed E-state index contributed by atoms with van der Waals surface area (Å²) in [5.74, 6) is 2.28. The van der Waals surface area contributed by atoms with Crippen molar-refractivity contribution in [1.29, 1.82) is 0 Å². The van der Waals surface area contributed by atoms with Crippen LogP contribution in [0.3, 0.4) is 0 Å². The van der Waals surface area contributed by atoms with Gasteiger partial charge >= 0.3 is 0 Å². The Balaban J connectivity index is 2.06. The number of benzene rings is 2. The Morgan fingerprint density at radius 2 is 1.72 bits per heavy atom. The van der Waals surface area contributed by atoms with Gasteiger partial charge in [0.05, 0.1) is 27.4 Å². The van der Waals surface area contributed by atoms with Crippen molar-refractivity contribution in [2.24, 2.45) is 4.99 Å². The van der Waals surface area contributed by atoms with E-state index in [1.165, 1.54) is 6.07 Å². The van der Waals surface area contributed by atoms with Crippen molar-refractivity contribution < 1.29 is 18.6 Å². The molecule has 0 aliphatic heterocycles. The zero-order valence-electron chi connectivity index (χ0n) is 17.5. The second-order valence-electron chi connectivity index (χ2n) is 6.26. The monoisotopic (exact) mass is 403 g/mol. The highest BCUT2D eigenvalue weighted by molar-refractivity contribution is 5.79. The van der Waals surface area contributed by atoms with Crippen LogP contribution in [0.4, 0.5) is 4.39 Å². The topological polar surface area (TPSA) is 64.1 Å². The number of ether oxygens (including phenoxy) is 3. The summed E-state index contributed by atoms with van der Waals surface area (Å²) in [4.78, 5) is 4.63. The van der Waals surface area contributed by atoms with Gasteiger partial charge in [-0.1, -0.05) is 12.1 Å². The molecule has 0 heterocycles. The van der Waals surface area contributed by atoms with Gasteiger partial charge in [0.2, 0.25) is 5.75 Å². The predicted molar refractivity (Wildman–Crippen MR) is 114 cm³/mol. The fourth-order valence-corrected chi connectivity index (χ4v) is 2.84. The van der Waals surface area contributed by atoms with Crippen LogP contribution >= 0.6 is 0 Å². The van der Waals surface area contributed by atoms with Crippen molar-refractivity contribution in [1.82, 2.24) is 10.6 Å². The third-order valence-corrected chi connectivity index (χ3v) is 4.17. The molecule has 0 aliphatic carbocycles. The standard InChI is InChI=1S/C22H30FN3O3/c1-5-24-22(25-11-10-16-8-7-9-18(23)12-16)26-15-17-13-19(27-3)21(29-6-2)20(14-17)28-4/h7-9,12-14H,5-6,10-11,15H2,1-4H3,(H2,24,25,26). The fraction of sp³-hybridized carbons (Fsp3) is 0.409. The minimum Gasteiger partial charge on any atom is -0.493 e. The minimum absolute atomic E-state index is 0.221. The van der Waals surface area contributed by atoms with Gasteiger partial charge in [0, 0.05) is 13.1 Å². The molecule has 29 heavy (non-hydrogen) atoms. The van der Waals surface area contributed by atoms with Gasteiger partial charge in [-0.15, -0.1) is 0 Å². The van der Waals surface area contributed by atoms with E-state index in [4.69, 9.17) is 14.2 Å². The minimum atomic E-state index is -0.221. The molecule has 0 spiro atoms. The van der Waals surface area contributed by atoms with Crippen LogP contribution in [0.25, 0.3) is 0 Å². The number of guanidine groups is 1. The maximum atomic E-state index is 13.3. The second-order valence-corrected chi connectivity index (χ2v) is 6.26. The molecule has 0 fully saturated rings. The third kappa shape index (κ3) is 6.85. The number of methoxy groups -OCH3 is 2. The van der Waals surface area contributed by atoms with Crippen molar-refractivity contribution in [3.05, 3.63) is 53.3 Å². The highest BCUT2D eigenvalue weighted by atomic mass is 19.1. The largest absolute Gasteiger partial charge is 0.493 e. The number of aliphatic imine (C=N–C) groups is 1. The summed E-state index contributed by atoms with van der Waals surface area (Å²) in [6.07, 6.45) is 0.701. The van der Waals surface area contributed by atoms with E-state index in [0.29, 0.717) is 49.3 Å². The van der Waals surface area contributed by atoms with E-state index in [2.05, 4.69) is 15.6 Å². The van der Waals surface area contributed by atoms with Gasteiger partial charge in [0.25, 0.3) is 0 Å². The molecular weight excluding hydrogens is 373 g/mol. The maximum Gasteiger partial charge on any atom is 0.203 e. The molecule has 0 radical (unpaired) electrons. The lowest BCUT2D eigenvalue weighted by Crippen LogP contribution is -2.38. The molecule has 0 amide bonds. The number of hydrogen-bond donors (Lipinski definition) is 2. The number of halogens is 1. The van der Waals surface area contributed by atoms with Crippen LogP contribution in [0.2, 0.25) is 0 Å². The number of nitrogens with one attached hydrogen (secondary N) is 2. The van der Waals surface area contributed by atoms with Crippen LogP contribution < -0.4 is 24.8 Å². The van der Waals surface area contributed by atoms with Crippen LogP contribution in [0.15, 0.2) is 41.4 Å². The highest BCUT2D eigenvalue weighted by Crippen LogP contribution is 2.38. The van der Waals surface area contributed by atoms with E-state index in [1.807, 2.05) is 32.0 Å². The van der Waals surface area contributed by atoms with E-state index in [1.54, 1.807) is 26.4 Å². The van der Waals surface area contributed by atoms with Gasteiger partial charge in [-0.3, -0.25) is 0 Å². The molecule has 0 saturated carbocycles. The molecule has 0 saturated heterocycles. The Labute approximate surface area is 172 Å². The molecule has 158 valence electrons. The normalized spacial score (nSPS) is 11.1. The predicted octanol–water partition coefficient (Wildman–Crippen LogP) is 3.54. The van der Waals surface area contributed by atoms with Gasteiger partial charge in [-0.2, -0.15) is 0 Å². The summed E-state index contributed by atoms with van der Waals surface area (Å²) < 4.78 is 29.8. The summed E-state index contributed by atoms with van der Waals surface area (Å²) >= 11 is 0. The molecule has 0 bridgehead atoms. The zero-order chi connectivity index (χ0) is 21.1. The lowest BCUT2D eigenvalue weighted by Gasteiger charge is -2.15. The van der Waals surface area contributed by atoms with Crippen molar-refractivity contribution in [2.75, 3.05) is 33.9 Å². The Morgan fingerprint density at radius 1 is 1.00 bits per heavy atom. The van der Waals surface area contributed by atoms with Gasteiger partial charge in [0.15, 0.2) is 17.5 Å². The Morgan fingerprint density at radius 3 is 2.31 bits per heavy atom. The Kier molecular flexibility index (Phi) is 9.08. The van der Waals surface area contributed by atoms with Gasteiger partial charge < -0.3 is 24.8 Å². The van der Waals surface area contributed by atoms with Crippen LogP contribution in [0, 0.1) is 5.82 Å². The average Bonchev–Trinajstić information content (AvgIpc) is 2.72. The summed E-state index contributed by atoms with van der Waals surface area (Å²) in [5.41, 5.74) is 1.87.